The van der Waals surface area contributed by atoms with Crippen molar-refractivity contribution in [3.05, 3.63) is 42.3 Å². The highest BCUT2D eigenvalue weighted by Crippen LogP contribution is 2.47. The highest BCUT2D eigenvalue weighted by atomic mass is 32.1. The SMILES string of the molecule is C=C[C@@H]1C[C@]1(NC(=O)[C@@H]1C[C@@H](Oc2cc(-c3csc(NC(C)C)n3)nc3cc(OC)ccc23)C[C@H]1C(=O)OC(C)(C)C)C(=O)OCC. The molecule has 11 nitrogen and oxygen atoms in total. The number of nitrogens with zero attached hydrogens (tertiary/aromatic N) is 2. The molecule has 2 saturated carbocycles. The number of anilines is 1. The predicted octanol–water partition coefficient (Wildman–Crippen LogP) is 5.93. The minimum Gasteiger partial charge on any atom is -0.497 e. The topological polar surface area (TPSA) is 138 Å². The summed E-state index contributed by atoms with van der Waals surface area (Å²) < 4.78 is 23.2. The molecule has 0 spiro atoms. The molecule has 12 heteroatoms. The zero-order valence-electron chi connectivity index (χ0n) is 28.0. The van der Waals surface area contributed by atoms with E-state index in [4.69, 9.17) is 28.9 Å². The van der Waals surface area contributed by atoms with E-state index in [0.717, 1.165) is 10.5 Å². The number of aromatic nitrogens is 2. The molecule has 0 aliphatic heterocycles. The van der Waals surface area contributed by atoms with Crippen molar-refractivity contribution in [1.29, 1.82) is 0 Å². The molecule has 0 bridgehead atoms. The summed E-state index contributed by atoms with van der Waals surface area (Å²) in [6.45, 7) is 15.2. The fraction of sp³-hybridized carbons (Fsp3) is 0.514. The van der Waals surface area contributed by atoms with E-state index in [-0.39, 0.29) is 31.4 Å². The van der Waals surface area contributed by atoms with Crippen molar-refractivity contribution in [2.45, 2.75) is 84.1 Å². The normalized spacial score (nSPS) is 23.7. The maximum Gasteiger partial charge on any atom is 0.332 e. The molecular formula is C35H44N4O7S. The third kappa shape index (κ3) is 7.53. The monoisotopic (exact) mass is 664 g/mol. The van der Waals surface area contributed by atoms with Gasteiger partial charge < -0.3 is 29.6 Å². The van der Waals surface area contributed by atoms with Crippen LogP contribution in [0.2, 0.25) is 0 Å². The lowest BCUT2D eigenvalue weighted by Crippen LogP contribution is -2.49. The molecule has 0 radical (unpaired) electrons. The third-order valence-corrected chi connectivity index (χ3v) is 9.08. The van der Waals surface area contributed by atoms with Crippen LogP contribution < -0.4 is 20.1 Å². The molecule has 2 fully saturated rings. The van der Waals surface area contributed by atoms with Crippen molar-refractivity contribution in [3.63, 3.8) is 0 Å². The molecule has 1 aromatic carbocycles. The van der Waals surface area contributed by atoms with Gasteiger partial charge in [0.25, 0.3) is 0 Å². The van der Waals surface area contributed by atoms with Gasteiger partial charge in [-0.1, -0.05) is 6.08 Å². The van der Waals surface area contributed by atoms with Crippen molar-refractivity contribution in [2.75, 3.05) is 19.0 Å². The van der Waals surface area contributed by atoms with Crippen LogP contribution in [0.25, 0.3) is 22.3 Å². The van der Waals surface area contributed by atoms with E-state index in [1.165, 1.54) is 11.3 Å². The van der Waals surface area contributed by atoms with E-state index in [2.05, 4.69) is 17.2 Å². The highest BCUT2D eigenvalue weighted by Gasteiger charge is 2.62. The lowest BCUT2D eigenvalue weighted by Gasteiger charge is -2.25. The molecule has 2 N–H and O–H groups in total. The largest absolute Gasteiger partial charge is 0.497 e. The average molecular weight is 665 g/mol. The number of carbonyl (C=O) groups is 3. The first-order chi connectivity index (χ1) is 22.3. The van der Waals surface area contributed by atoms with Crippen molar-refractivity contribution in [1.82, 2.24) is 15.3 Å². The Bertz CT molecular complexity index is 1660. The highest BCUT2D eigenvalue weighted by molar-refractivity contribution is 7.14. The Balaban J connectivity index is 1.46. The number of carbonyl (C=O) groups excluding carboxylic acids is 3. The van der Waals surface area contributed by atoms with Crippen LogP contribution in [0.4, 0.5) is 5.13 Å². The Hall–Kier alpha value is -4.19. The fourth-order valence-corrected chi connectivity index (χ4v) is 6.86. The number of nitrogens with one attached hydrogen (secondary N) is 2. The maximum atomic E-state index is 13.9. The summed E-state index contributed by atoms with van der Waals surface area (Å²) >= 11 is 1.49. The van der Waals surface area contributed by atoms with Gasteiger partial charge in [-0.3, -0.25) is 9.59 Å². The second-order valence-electron chi connectivity index (χ2n) is 13.4. The number of benzene rings is 1. The molecule has 1 amide bonds. The van der Waals surface area contributed by atoms with E-state index >= 15 is 0 Å². The minimum atomic E-state index is -1.18. The molecule has 0 unspecified atom stereocenters. The van der Waals surface area contributed by atoms with Crippen LogP contribution in [0.3, 0.4) is 0 Å². The summed E-state index contributed by atoms with van der Waals surface area (Å²) in [7, 11) is 1.60. The van der Waals surface area contributed by atoms with Gasteiger partial charge >= 0.3 is 11.9 Å². The van der Waals surface area contributed by atoms with E-state index in [1.807, 2.05) is 43.5 Å². The molecule has 2 aromatic heterocycles. The summed E-state index contributed by atoms with van der Waals surface area (Å²) in [5.41, 5.74) is 0.0246. The molecule has 5 rings (SSSR count). The van der Waals surface area contributed by atoms with Crippen LogP contribution in [-0.4, -0.2) is 64.8 Å². The number of esters is 2. The van der Waals surface area contributed by atoms with Gasteiger partial charge in [0.05, 0.1) is 36.8 Å². The zero-order chi connectivity index (χ0) is 34.1. The maximum absolute atomic E-state index is 13.9. The Morgan fingerprint density at radius 1 is 1.13 bits per heavy atom. The minimum absolute atomic E-state index is 0.185. The summed E-state index contributed by atoms with van der Waals surface area (Å²) in [5, 5.41) is 9.72. The number of ether oxygens (including phenoxy) is 4. The van der Waals surface area contributed by atoms with Crippen molar-refractivity contribution >= 4 is 45.2 Å². The quantitative estimate of drug-likeness (QED) is 0.177. The summed E-state index contributed by atoms with van der Waals surface area (Å²) in [5.74, 6) is -2.03. The van der Waals surface area contributed by atoms with Gasteiger partial charge in [-0.05, 0) is 72.9 Å². The molecular weight excluding hydrogens is 620 g/mol. The van der Waals surface area contributed by atoms with Gasteiger partial charge in [0, 0.05) is 34.9 Å². The molecule has 2 aliphatic rings. The van der Waals surface area contributed by atoms with E-state index < -0.39 is 46.9 Å². The van der Waals surface area contributed by atoms with Gasteiger partial charge in [0.2, 0.25) is 5.91 Å². The first kappa shape index (κ1) is 34.2. The first-order valence-corrected chi connectivity index (χ1v) is 16.9. The van der Waals surface area contributed by atoms with Crippen molar-refractivity contribution in [2.24, 2.45) is 17.8 Å². The standard InChI is InChI=1S/C35H44N4O7S/c1-9-20-17-35(20,32(42)44-10-2)39-30(40)24-13-22(14-25(24)31(41)46-34(5,6)7)45-29-16-27(28-18-47-33(38-28)36-19(3)4)37-26-15-21(43-8)11-12-23(26)29/h9,11-12,15-16,18-20,22,24-25H,1,10,13-14,17H2,2-8H3,(H,36,38)(H,39,40)/t20-,22-,24-,25-,35-/m1/s1. The Labute approximate surface area is 279 Å². The van der Waals surface area contributed by atoms with Crippen LogP contribution in [0.15, 0.2) is 42.3 Å². The van der Waals surface area contributed by atoms with Crippen LogP contribution in [0.5, 0.6) is 11.5 Å². The Morgan fingerprint density at radius 3 is 2.51 bits per heavy atom. The zero-order valence-corrected chi connectivity index (χ0v) is 28.9. The smallest absolute Gasteiger partial charge is 0.332 e. The van der Waals surface area contributed by atoms with Gasteiger partial charge in [-0.25, -0.2) is 14.8 Å². The van der Waals surface area contributed by atoms with Crippen molar-refractivity contribution < 1.29 is 33.3 Å². The Kier molecular flexibility index (Phi) is 9.81. The Morgan fingerprint density at radius 2 is 1.87 bits per heavy atom. The van der Waals surface area contributed by atoms with Crippen LogP contribution in [0, 0.1) is 17.8 Å². The second kappa shape index (κ2) is 13.5. The first-order valence-electron chi connectivity index (χ1n) is 16.0. The summed E-state index contributed by atoms with van der Waals surface area (Å²) in [6.07, 6.45) is 2.02. The molecule has 2 heterocycles. The molecule has 3 aromatic rings. The number of rotatable bonds is 12. The summed E-state index contributed by atoms with van der Waals surface area (Å²) in [6, 6.07) is 7.61. The summed E-state index contributed by atoms with van der Waals surface area (Å²) in [4.78, 5) is 49.9. The fourth-order valence-electron chi connectivity index (χ4n) is 6.01. The van der Waals surface area contributed by atoms with Gasteiger partial charge in [-0.15, -0.1) is 17.9 Å². The third-order valence-electron chi connectivity index (χ3n) is 8.30. The van der Waals surface area contributed by atoms with E-state index in [9.17, 15) is 14.4 Å². The number of pyridine rings is 1. The second-order valence-corrected chi connectivity index (χ2v) is 14.3. The lowest BCUT2D eigenvalue weighted by atomic mass is 9.94. The number of hydrogen-bond donors (Lipinski definition) is 2. The molecule has 47 heavy (non-hydrogen) atoms. The molecule has 5 atom stereocenters. The average Bonchev–Trinajstić information content (AvgIpc) is 3.29. The van der Waals surface area contributed by atoms with E-state index in [1.54, 1.807) is 40.9 Å². The lowest BCUT2D eigenvalue weighted by molar-refractivity contribution is -0.163. The van der Waals surface area contributed by atoms with Crippen LogP contribution >= 0.6 is 11.3 Å². The van der Waals surface area contributed by atoms with Gasteiger partial charge in [-0.2, -0.15) is 0 Å². The van der Waals surface area contributed by atoms with Crippen LogP contribution in [-0.2, 0) is 23.9 Å². The van der Waals surface area contributed by atoms with Crippen LogP contribution in [0.1, 0.15) is 60.8 Å². The molecule has 0 saturated heterocycles. The number of thiazole rings is 1. The molecule has 252 valence electrons. The van der Waals surface area contributed by atoms with Crippen molar-refractivity contribution in [3.8, 4) is 22.9 Å². The van der Waals surface area contributed by atoms with Gasteiger partial charge in [0.1, 0.15) is 34.4 Å². The number of methoxy groups -OCH3 is 1. The van der Waals surface area contributed by atoms with Gasteiger partial charge in [0.15, 0.2) is 5.13 Å². The number of hydrogen-bond acceptors (Lipinski definition) is 11. The number of amides is 1. The number of fused-ring (bicyclic) bond motifs is 1. The van der Waals surface area contributed by atoms with E-state index in [0.29, 0.717) is 34.8 Å². The predicted molar refractivity (Wildman–Crippen MR) is 180 cm³/mol. The molecule has 2 aliphatic carbocycles.